The Labute approximate surface area is 105 Å². The molecule has 0 aliphatic carbocycles. The van der Waals surface area contributed by atoms with E-state index in [0.717, 1.165) is 0 Å². The highest BCUT2D eigenvalue weighted by Crippen LogP contribution is 2.17. The molecule has 1 saturated heterocycles. The predicted octanol–water partition coefficient (Wildman–Crippen LogP) is 0.259. The van der Waals surface area contributed by atoms with Gasteiger partial charge in [0.05, 0.1) is 45.8 Å². The van der Waals surface area contributed by atoms with Crippen molar-refractivity contribution < 1.29 is 23.8 Å². The molecule has 0 spiro atoms. The summed E-state index contributed by atoms with van der Waals surface area (Å²) in [4.78, 5) is 13.5. The summed E-state index contributed by atoms with van der Waals surface area (Å²) in [5.41, 5.74) is 0.431. The number of carbonyl (C=O) groups excluding carboxylic acids is 1. The van der Waals surface area contributed by atoms with Gasteiger partial charge in [0.2, 0.25) is 0 Å². The standard InChI is InChI=1S/C12H17NO5/c1-16-12(15)10-2-4-18-11(10)6-13-3-5-17-8-9(13)7-14/h2,4,9,14H,3,5-8H2,1H3. The lowest BCUT2D eigenvalue weighted by Crippen LogP contribution is -2.46. The molecule has 1 N–H and O–H groups in total. The van der Waals surface area contributed by atoms with E-state index in [-0.39, 0.29) is 12.6 Å². The number of hydrogen-bond acceptors (Lipinski definition) is 6. The maximum atomic E-state index is 11.5. The zero-order valence-corrected chi connectivity index (χ0v) is 10.3. The van der Waals surface area contributed by atoms with E-state index in [0.29, 0.717) is 37.6 Å². The molecule has 6 heteroatoms. The van der Waals surface area contributed by atoms with Crippen LogP contribution in [0.2, 0.25) is 0 Å². The summed E-state index contributed by atoms with van der Waals surface area (Å²) in [5, 5.41) is 9.27. The molecule has 0 aromatic carbocycles. The number of ether oxygens (including phenoxy) is 2. The largest absolute Gasteiger partial charge is 0.467 e. The fourth-order valence-electron chi connectivity index (χ4n) is 2.00. The van der Waals surface area contributed by atoms with Crippen LogP contribution in [-0.4, -0.2) is 55.5 Å². The Morgan fingerprint density at radius 2 is 2.50 bits per heavy atom. The van der Waals surface area contributed by atoms with Crippen LogP contribution in [0.25, 0.3) is 0 Å². The van der Waals surface area contributed by atoms with Gasteiger partial charge in [-0.05, 0) is 6.07 Å². The molecular weight excluding hydrogens is 238 g/mol. The highest BCUT2D eigenvalue weighted by molar-refractivity contribution is 5.90. The molecule has 2 heterocycles. The fourth-order valence-corrected chi connectivity index (χ4v) is 2.00. The van der Waals surface area contributed by atoms with E-state index in [2.05, 4.69) is 4.74 Å². The second-order valence-electron chi connectivity index (χ2n) is 4.13. The van der Waals surface area contributed by atoms with E-state index in [1.807, 2.05) is 4.90 Å². The zero-order chi connectivity index (χ0) is 13.0. The maximum absolute atomic E-state index is 11.5. The van der Waals surface area contributed by atoms with Crippen LogP contribution in [0.5, 0.6) is 0 Å². The van der Waals surface area contributed by atoms with E-state index in [4.69, 9.17) is 9.15 Å². The van der Waals surface area contributed by atoms with Crippen molar-refractivity contribution in [3.63, 3.8) is 0 Å². The highest BCUT2D eigenvalue weighted by Gasteiger charge is 2.25. The van der Waals surface area contributed by atoms with Gasteiger partial charge in [-0.15, -0.1) is 0 Å². The van der Waals surface area contributed by atoms with E-state index in [1.54, 1.807) is 6.07 Å². The van der Waals surface area contributed by atoms with Crippen LogP contribution < -0.4 is 0 Å². The van der Waals surface area contributed by atoms with Crippen LogP contribution >= 0.6 is 0 Å². The SMILES string of the molecule is COC(=O)c1ccoc1CN1CCOCC1CO. The maximum Gasteiger partial charge on any atom is 0.341 e. The van der Waals surface area contributed by atoms with Gasteiger partial charge >= 0.3 is 5.97 Å². The number of aliphatic hydroxyl groups excluding tert-OH is 1. The van der Waals surface area contributed by atoms with Gasteiger partial charge in [-0.25, -0.2) is 4.79 Å². The number of carbonyl (C=O) groups is 1. The minimum Gasteiger partial charge on any atom is -0.467 e. The molecule has 6 nitrogen and oxygen atoms in total. The molecule has 1 aliphatic rings. The molecule has 1 fully saturated rings. The number of nitrogens with zero attached hydrogens (tertiary/aromatic N) is 1. The number of morpholine rings is 1. The van der Waals surface area contributed by atoms with Gasteiger partial charge in [-0.3, -0.25) is 4.90 Å². The average Bonchev–Trinajstić information content (AvgIpc) is 2.86. The molecule has 1 aromatic heterocycles. The van der Waals surface area contributed by atoms with Gasteiger partial charge < -0.3 is 19.0 Å². The number of furan rings is 1. The first-order chi connectivity index (χ1) is 8.76. The topological polar surface area (TPSA) is 72.1 Å². The summed E-state index contributed by atoms with van der Waals surface area (Å²) in [6, 6.07) is 1.53. The van der Waals surface area contributed by atoms with E-state index >= 15 is 0 Å². The minimum absolute atomic E-state index is 0.0221. The summed E-state index contributed by atoms with van der Waals surface area (Å²) in [7, 11) is 1.34. The summed E-state index contributed by atoms with van der Waals surface area (Å²) in [6.45, 7) is 2.29. The lowest BCUT2D eigenvalue weighted by Gasteiger charge is -2.33. The second-order valence-corrected chi connectivity index (χ2v) is 4.13. The fraction of sp³-hybridized carbons (Fsp3) is 0.583. The van der Waals surface area contributed by atoms with Crippen LogP contribution in [0, 0.1) is 0 Å². The van der Waals surface area contributed by atoms with E-state index in [1.165, 1.54) is 13.4 Å². The third kappa shape index (κ3) is 2.72. The number of esters is 1. The molecule has 2 rings (SSSR count). The molecule has 0 bridgehead atoms. The van der Waals surface area contributed by atoms with Gasteiger partial charge in [0.1, 0.15) is 11.3 Å². The van der Waals surface area contributed by atoms with E-state index in [9.17, 15) is 9.90 Å². The first-order valence-corrected chi connectivity index (χ1v) is 5.83. The third-order valence-corrected chi connectivity index (χ3v) is 3.06. The van der Waals surface area contributed by atoms with Crippen molar-refractivity contribution in [2.75, 3.05) is 33.5 Å². The molecule has 1 unspecified atom stereocenters. The van der Waals surface area contributed by atoms with Crippen molar-refractivity contribution in [3.05, 3.63) is 23.7 Å². The Kier molecular flexibility index (Phi) is 4.35. The van der Waals surface area contributed by atoms with E-state index < -0.39 is 5.97 Å². The lowest BCUT2D eigenvalue weighted by atomic mass is 10.2. The first-order valence-electron chi connectivity index (χ1n) is 5.83. The molecule has 0 radical (unpaired) electrons. The monoisotopic (exact) mass is 255 g/mol. The summed E-state index contributed by atoms with van der Waals surface area (Å²) >= 11 is 0. The van der Waals surface area contributed by atoms with Gasteiger partial charge in [-0.2, -0.15) is 0 Å². The highest BCUT2D eigenvalue weighted by atomic mass is 16.5. The van der Waals surface area contributed by atoms with Gasteiger partial charge in [0, 0.05) is 6.54 Å². The van der Waals surface area contributed by atoms with Crippen molar-refractivity contribution in [2.45, 2.75) is 12.6 Å². The first kappa shape index (κ1) is 13.1. The Hall–Kier alpha value is -1.37. The van der Waals surface area contributed by atoms with Crippen molar-refractivity contribution in [1.29, 1.82) is 0 Å². The van der Waals surface area contributed by atoms with Crippen LogP contribution in [0.4, 0.5) is 0 Å². The summed E-state index contributed by atoms with van der Waals surface area (Å²) in [6.07, 6.45) is 1.47. The van der Waals surface area contributed by atoms with Gasteiger partial charge in [0.25, 0.3) is 0 Å². The van der Waals surface area contributed by atoms with Crippen LogP contribution in [0.1, 0.15) is 16.1 Å². The van der Waals surface area contributed by atoms with Crippen molar-refractivity contribution >= 4 is 5.97 Å². The molecule has 1 atom stereocenters. The molecule has 1 aliphatic heterocycles. The van der Waals surface area contributed by atoms with Crippen molar-refractivity contribution in [2.24, 2.45) is 0 Å². The normalized spacial score (nSPS) is 20.9. The summed E-state index contributed by atoms with van der Waals surface area (Å²) in [5.74, 6) is 0.148. The second kappa shape index (κ2) is 5.99. The number of methoxy groups -OCH3 is 1. The predicted molar refractivity (Wildman–Crippen MR) is 62.2 cm³/mol. The van der Waals surface area contributed by atoms with Crippen LogP contribution in [0.3, 0.4) is 0 Å². The average molecular weight is 255 g/mol. The number of aliphatic hydroxyl groups is 1. The molecule has 100 valence electrons. The molecule has 18 heavy (non-hydrogen) atoms. The molecule has 1 aromatic rings. The smallest absolute Gasteiger partial charge is 0.341 e. The number of rotatable bonds is 4. The molecular formula is C12H17NO5. The van der Waals surface area contributed by atoms with Crippen molar-refractivity contribution in [1.82, 2.24) is 4.90 Å². The van der Waals surface area contributed by atoms with Crippen molar-refractivity contribution in [3.8, 4) is 0 Å². The van der Waals surface area contributed by atoms with Crippen LogP contribution in [-0.2, 0) is 16.0 Å². The van der Waals surface area contributed by atoms with Gasteiger partial charge in [0.15, 0.2) is 0 Å². The number of hydrogen-bond donors (Lipinski definition) is 1. The summed E-state index contributed by atoms with van der Waals surface area (Å²) < 4.78 is 15.3. The zero-order valence-electron chi connectivity index (χ0n) is 10.3. The lowest BCUT2D eigenvalue weighted by molar-refractivity contribution is -0.0337. The van der Waals surface area contributed by atoms with Crippen LogP contribution in [0.15, 0.2) is 16.7 Å². The minimum atomic E-state index is -0.410. The molecule has 0 amide bonds. The Bertz CT molecular complexity index is 403. The molecule has 0 saturated carbocycles. The van der Waals surface area contributed by atoms with Gasteiger partial charge in [-0.1, -0.05) is 0 Å². The quantitative estimate of drug-likeness (QED) is 0.778. The Morgan fingerprint density at radius 1 is 1.67 bits per heavy atom. The Balaban J connectivity index is 2.08. The Morgan fingerprint density at radius 3 is 3.22 bits per heavy atom. The third-order valence-electron chi connectivity index (χ3n) is 3.06.